The molecule has 3 aromatic carbocycles. The van der Waals surface area contributed by atoms with Gasteiger partial charge in [0.15, 0.2) is 18.1 Å². The maximum Gasteiger partial charge on any atom is 0.271 e. The largest absolute Gasteiger partial charge is 0.493 e. The second kappa shape index (κ2) is 11.0. The van der Waals surface area contributed by atoms with Crippen LogP contribution in [-0.2, 0) is 4.79 Å². The molecular weight excluding hydrogens is 430 g/mol. The van der Waals surface area contributed by atoms with Crippen molar-refractivity contribution in [1.82, 2.24) is 5.43 Å². The summed E-state index contributed by atoms with van der Waals surface area (Å²) in [6.07, 6.45) is 1.47. The van der Waals surface area contributed by atoms with Crippen LogP contribution in [0.15, 0.2) is 71.8 Å². The lowest BCUT2D eigenvalue weighted by atomic mass is 10.2. The average Bonchev–Trinajstić information content (AvgIpc) is 2.79. The summed E-state index contributed by atoms with van der Waals surface area (Å²) in [7, 11) is 1.50. The predicted octanol–water partition coefficient (Wildman–Crippen LogP) is 4.44. The van der Waals surface area contributed by atoms with Gasteiger partial charge in [-0.1, -0.05) is 35.9 Å². The molecule has 8 heteroatoms. The van der Waals surface area contributed by atoms with E-state index in [1.165, 1.54) is 13.3 Å². The van der Waals surface area contributed by atoms with Gasteiger partial charge in [-0.2, -0.15) is 5.10 Å². The lowest BCUT2D eigenvalue weighted by molar-refractivity contribution is -0.118. The highest BCUT2D eigenvalue weighted by Gasteiger charge is 2.10. The second-order valence-electron chi connectivity index (χ2n) is 6.77. The fourth-order valence-corrected chi connectivity index (χ4v) is 2.98. The number of nitrogens with one attached hydrogen (secondary N) is 2. The Kier molecular flexibility index (Phi) is 7.83. The summed E-state index contributed by atoms with van der Waals surface area (Å²) >= 11 is 5.89. The van der Waals surface area contributed by atoms with Gasteiger partial charge >= 0.3 is 0 Å². The standard InChI is InChI=1S/C24H22ClN3O4/c1-16-6-3-4-9-20(16)27-23(29)15-32-21-11-10-17(12-22(21)31-2)14-26-28-24(30)18-7-5-8-19(25)13-18/h3-14H,15H2,1-2H3,(H,27,29)(H,28,30)/b26-14+. The van der Waals surface area contributed by atoms with E-state index >= 15 is 0 Å². The highest BCUT2D eigenvalue weighted by Crippen LogP contribution is 2.27. The minimum Gasteiger partial charge on any atom is -0.493 e. The molecule has 3 aromatic rings. The zero-order chi connectivity index (χ0) is 22.9. The van der Waals surface area contributed by atoms with Crippen molar-refractivity contribution in [3.05, 3.63) is 88.4 Å². The van der Waals surface area contributed by atoms with E-state index in [1.807, 2.05) is 31.2 Å². The van der Waals surface area contributed by atoms with Gasteiger partial charge in [-0.25, -0.2) is 5.43 Å². The molecule has 7 nitrogen and oxygen atoms in total. The van der Waals surface area contributed by atoms with E-state index in [0.717, 1.165) is 11.3 Å². The number of benzene rings is 3. The van der Waals surface area contributed by atoms with Crippen LogP contribution in [0.4, 0.5) is 5.69 Å². The molecule has 0 saturated carbocycles. The summed E-state index contributed by atoms with van der Waals surface area (Å²) in [5.41, 5.74) is 5.21. The number of halogens is 1. The molecular formula is C24H22ClN3O4. The van der Waals surface area contributed by atoms with Crippen molar-refractivity contribution in [2.45, 2.75) is 6.92 Å². The van der Waals surface area contributed by atoms with Crippen molar-refractivity contribution < 1.29 is 19.1 Å². The Morgan fingerprint density at radius 2 is 1.84 bits per heavy atom. The summed E-state index contributed by atoms with van der Waals surface area (Å²) in [4.78, 5) is 24.3. The number of hydrogen-bond acceptors (Lipinski definition) is 5. The molecule has 0 heterocycles. The number of ether oxygens (including phenoxy) is 2. The molecule has 0 saturated heterocycles. The number of nitrogens with zero attached hydrogens (tertiary/aromatic N) is 1. The Morgan fingerprint density at radius 1 is 1.03 bits per heavy atom. The number of amides is 2. The van der Waals surface area contributed by atoms with Crippen LogP contribution in [-0.4, -0.2) is 31.7 Å². The number of hydrogen-bond donors (Lipinski definition) is 2. The molecule has 0 spiro atoms. The van der Waals surface area contributed by atoms with Gasteiger partial charge in [-0.3, -0.25) is 9.59 Å². The molecule has 0 radical (unpaired) electrons. The maximum atomic E-state index is 12.2. The van der Waals surface area contributed by atoms with E-state index in [0.29, 0.717) is 27.6 Å². The molecule has 0 aliphatic carbocycles. The van der Waals surface area contributed by atoms with E-state index in [9.17, 15) is 9.59 Å². The van der Waals surface area contributed by atoms with Gasteiger partial charge in [0.25, 0.3) is 11.8 Å². The molecule has 0 fully saturated rings. The number of aryl methyl sites for hydroxylation is 1. The molecule has 0 aromatic heterocycles. The maximum absolute atomic E-state index is 12.2. The molecule has 164 valence electrons. The molecule has 3 rings (SSSR count). The molecule has 0 unspecified atom stereocenters. The number of rotatable bonds is 8. The number of methoxy groups -OCH3 is 1. The van der Waals surface area contributed by atoms with Crippen LogP contribution in [0.3, 0.4) is 0 Å². The van der Waals surface area contributed by atoms with Crippen LogP contribution >= 0.6 is 11.6 Å². The number of para-hydroxylation sites is 1. The third kappa shape index (κ3) is 6.33. The third-order valence-electron chi connectivity index (χ3n) is 4.43. The lowest BCUT2D eigenvalue weighted by Crippen LogP contribution is -2.20. The first-order valence-corrected chi connectivity index (χ1v) is 10.1. The van der Waals surface area contributed by atoms with E-state index in [1.54, 1.807) is 42.5 Å². The third-order valence-corrected chi connectivity index (χ3v) is 4.67. The van der Waals surface area contributed by atoms with E-state index < -0.39 is 0 Å². The Balaban J connectivity index is 1.58. The summed E-state index contributed by atoms with van der Waals surface area (Å²) in [5, 5.41) is 7.23. The molecule has 32 heavy (non-hydrogen) atoms. The van der Waals surface area contributed by atoms with Crippen molar-refractivity contribution in [2.24, 2.45) is 5.10 Å². The van der Waals surface area contributed by atoms with Crippen molar-refractivity contribution in [2.75, 3.05) is 19.0 Å². The smallest absolute Gasteiger partial charge is 0.271 e. The molecule has 2 amide bonds. The summed E-state index contributed by atoms with van der Waals surface area (Å²) < 4.78 is 11.0. The summed E-state index contributed by atoms with van der Waals surface area (Å²) in [6.45, 7) is 1.74. The zero-order valence-electron chi connectivity index (χ0n) is 17.6. The highest BCUT2D eigenvalue weighted by molar-refractivity contribution is 6.30. The first kappa shape index (κ1) is 22.8. The number of hydrazone groups is 1. The lowest BCUT2D eigenvalue weighted by Gasteiger charge is -2.12. The fraction of sp³-hybridized carbons (Fsp3) is 0.125. The van der Waals surface area contributed by atoms with E-state index in [2.05, 4.69) is 15.8 Å². The van der Waals surface area contributed by atoms with Crippen molar-refractivity contribution in [1.29, 1.82) is 0 Å². The quantitative estimate of drug-likeness (QED) is 0.391. The normalized spacial score (nSPS) is 10.6. The van der Waals surface area contributed by atoms with Crippen LogP contribution in [0.1, 0.15) is 21.5 Å². The SMILES string of the molecule is COc1cc(/C=N/NC(=O)c2cccc(Cl)c2)ccc1OCC(=O)Nc1ccccc1C. The fourth-order valence-electron chi connectivity index (χ4n) is 2.79. The predicted molar refractivity (Wildman–Crippen MR) is 125 cm³/mol. The van der Waals surface area contributed by atoms with Crippen molar-refractivity contribution >= 4 is 35.3 Å². The molecule has 2 N–H and O–H groups in total. The van der Waals surface area contributed by atoms with Gasteiger partial charge in [0, 0.05) is 16.3 Å². The van der Waals surface area contributed by atoms with Crippen LogP contribution < -0.4 is 20.2 Å². The minimum absolute atomic E-state index is 0.173. The van der Waals surface area contributed by atoms with Crippen LogP contribution in [0, 0.1) is 6.92 Å². The van der Waals surface area contributed by atoms with Gasteiger partial charge < -0.3 is 14.8 Å². The zero-order valence-corrected chi connectivity index (χ0v) is 18.3. The topological polar surface area (TPSA) is 89.0 Å². The van der Waals surface area contributed by atoms with Crippen molar-refractivity contribution in [3.8, 4) is 11.5 Å². The van der Waals surface area contributed by atoms with Crippen LogP contribution in [0.25, 0.3) is 0 Å². The summed E-state index contributed by atoms with van der Waals surface area (Å²) in [6, 6.07) is 19.1. The summed E-state index contributed by atoms with van der Waals surface area (Å²) in [5.74, 6) is 0.178. The monoisotopic (exact) mass is 451 g/mol. The second-order valence-corrected chi connectivity index (χ2v) is 7.21. The molecule has 0 atom stereocenters. The highest BCUT2D eigenvalue weighted by atomic mass is 35.5. The van der Waals surface area contributed by atoms with Gasteiger partial charge in [0.2, 0.25) is 0 Å². The number of carbonyl (C=O) groups is 2. The first-order valence-electron chi connectivity index (χ1n) is 9.71. The first-order chi connectivity index (χ1) is 15.5. The Labute approximate surface area is 191 Å². The molecule has 0 bridgehead atoms. The minimum atomic E-state index is -0.379. The van der Waals surface area contributed by atoms with Gasteiger partial charge in [-0.05, 0) is 60.5 Å². The van der Waals surface area contributed by atoms with Gasteiger partial charge in [0.1, 0.15) is 0 Å². The van der Waals surface area contributed by atoms with Crippen LogP contribution in [0.2, 0.25) is 5.02 Å². The molecule has 0 aliphatic rings. The average molecular weight is 452 g/mol. The van der Waals surface area contributed by atoms with Crippen LogP contribution in [0.5, 0.6) is 11.5 Å². The van der Waals surface area contributed by atoms with E-state index in [4.69, 9.17) is 21.1 Å². The Morgan fingerprint density at radius 3 is 2.59 bits per heavy atom. The van der Waals surface area contributed by atoms with E-state index in [-0.39, 0.29) is 18.4 Å². The number of anilines is 1. The molecule has 0 aliphatic heterocycles. The Hall–Kier alpha value is -3.84. The van der Waals surface area contributed by atoms with Crippen molar-refractivity contribution in [3.63, 3.8) is 0 Å². The number of carbonyl (C=O) groups excluding carboxylic acids is 2. The van der Waals surface area contributed by atoms with Gasteiger partial charge in [-0.15, -0.1) is 0 Å². The Bertz CT molecular complexity index is 1150. The van der Waals surface area contributed by atoms with Gasteiger partial charge in [0.05, 0.1) is 13.3 Å².